The summed E-state index contributed by atoms with van der Waals surface area (Å²) in [5.74, 6) is 1.53. The summed E-state index contributed by atoms with van der Waals surface area (Å²) in [6.45, 7) is 0. The summed E-state index contributed by atoms with van der Waals surface area (Å²) >= 11 is 1.66. The predicted octanol–water partition coefficient (Wildman–Crippen LogP) is 2.78. The van der Waals surface area contributed by atoms with Crippen LogP contribution in [0.4, 0.5) is 0 Å². The average Bonchev–Trinajstić information content (AvgIpc) is 2.68. The molecular weight excluding hydrogens is 210 g/mol. The summed E-state index contributed by atoms with van der Waals surface area (Å²) < 4.78 is 12.6. The van der Waals surface area contributed by atoms with Crippen LogP contribution in [-0.4, -0.2) is 24.4 Å². The SMILES string of the molecule is COc1cc2ccn(SC)c2cc1OC. The Kier molecular flexibility index (Phi) is 2.77. The highest BCUT2D eigenvalue weighted by Crippen LogP contribution is 2.33. The van der Waals surface area contributed by atoms with Crippen LogP contribution in [0.5, 0.6) is 11.5 Å². The van der Waals surface area contributed by atoms with Crippen molar-refractivity contribution in [3.05, 3.63) is 24.4 Å². The fourth-order valence-electron chi connectivity index (χ4n) is 1.60. The van der Waals surface area contributed by atoms with Crippen molar-refractivity contribution in [2.45, 2.75) is 0 Å². The lowest BCUT2D eigenvalue weighted by molar-refractivity contribution is 0.356. The zero-order valence-electron chi connectivity index (χ0n) is 8.98. The summed E-state index contributed by atoms with van der Waals surface area (Å²) in [4.78, 5) is 0. The molecule has 0 aliphatic rings. The molecule has 0 unspecified atom stereocenters. The van der Waals surface area contributed by atoms with Gasteiger partial charge in [-0.15, -0.1) is 0 Å². The topological polar surface area (TPSA) is 23.4 Å². The van der Waals surface area contributed by atoms with Crippen molar-refractivity contribution in [2.75, 3.05) is 20.5 Å². The summed E-state index contributed by atoms with van der Waals surface area (Å²) in [5, 5.41) is 1.15. The van der Waals surface area contributed by atoms with Gasteiger partial charge in [0, 0.05) is 23.9 Å². The number of nitrogens with zero attached hydrogens (tertiary/aromatic N) is 1. The first-order valence-electron chi connectivity index (χ1n) is 4.57. The lowest BCUT2D eigenvalue weighted by atomic mass is 10.2. The Morgan fingerprint density at radius 3 is 2.40 bits per heavy atom. The molecule has 0 N–H and O–H groups in total. The van der Waals surface area contributed by atoms with Crippen LogP contribution in [0.3, 0.4) is 0 Å². The Morgan fingerprint density at radius 1 is 1.13 bits per heavy atom. The van der Waals surface area contributed by atoms with Crippen molar-refractivity contribution in [1.82, 2.24) is 3.97 Å². The molecule has 0 saturated heterocycles. The van der Waals surface area contributed by atoms with Crippen LogP contribution in [0.15, 0.2) is 24.4 Å². The number of methoxy groups -OCH3 is 2. The third-order valence-corrected chi connectivity index (χ3v) is 3.07. The molecule has 0 spiro atoms. The maximum absolute atomic E-state index is 5.27. The number of fused-ring (bicyclic) bond motifs is 1. The van der Waals surface area contributed by atoms with Crippen LogP contribution in [0.2, 0.25) is 0 Å². The van der Waals surface area contributed by atoms with E-state index < -0.39 is 0 Å². The minimum absolute atomic E-state index is 0.763. The normalized spacial score (nSPS) is 10.6. The number of rotatable bonds is 3. The minimum atomic E-state index is 0.763. The maximum Gasteiger partial charge on any atom is 0.162 e. The van der Waals surface area contributed by atoms with E-state index in [2.05, 4.69) is 10.0 Å². The van der Waals surface area contributed by atoms with Gasteiger partial charge in [-0.3, -0.25) is 3.97 Å². The number of benzene rings is 1. The van der Waals surface area contributed by atoms with E-state index in [1.54, 1.807) is 26.2 Å². The van der Waals surface area contributed by atoms with Crippen LogP contribution >= 0.6 is 11.9 Å². The van der Waals surface area contributed by atoms with E-state index in [9.17, 15) is 0 Å². The zero-order valence-corrected chi connectivity index (χ0v) is 9.80. The van der Waals surface area contributed by atoms with Gasteiger partial charge in [-0.25, -0.2) is 0 Å². The first-order valence-corrected chi connectivity index (χ1v) is 5.76. The molecule has 0 radical (unpaired) electrons. The van der Waals surface area contributed by atoms with Crippen LogP contribution in [0.1, 0.15) is 0 Å². The third kappa shape index (κ3) is 1.65. The summed E-state index contributed by atoms with van der Waals surface area (Å²) in [5.41, 5.74) is 1.14. The molecule has 1 aromatic heterocycles. The fraction of sp³-hybridized carbons (Fsp3) is 0.273. The second-order valence-corrected chi connectivity index (χ2v) is 3.85. The van der Waals surface area contributed by atoms with Crippen LogP contribution in [-0.2, 0) is 0 Å². The quantitative estimate of drug-likeness (QED) is 0.799. The zero-order chi connectivity index (χ0) is 10.8. The van der Waals surface area contributed by atoms with Crippen molar-refractivity contribution in [2.24, 2.45) is 0 Å². The average molecular weight is 223 g/mol. The van der Waals surface area contributed by atoms with Crippen LogP contribution in [0, 0.1) is 0 Å². The minimum Gasteiger partial charge on any atom is -0.493 e. The van der Waals surface area contributed by atoms with E-state index >= 15 is 0 Å². The molecule has 0 saturated carbocycles. The Labute approximate surface area is 93.1 Å². The van der Waals surface area contributed by atoms with Crippen molar-refractivity contribution in [3.8, 4) is 11.5 Å². The Morgan fingerprint density at radius 2 is 1.80 bits per heavy atom. The van der Waals surface area contributed by atoms with E-state index in [-0.39, 0.29) is 0 Å². The highest BCUT2D eigenvalue weighted by Gasteiger charge is 2.08. The van der Waals surface area contributed by atoms with E-state index in [4.69, 9.17) is 9.47 Å². The summed E-state index contributed by atoms with van der Waals surface area (Å²) in [7, 11) is 3.30. The first kappa shape index (κ1) is 10.2. The number of hydrogen-bond acceptors (Lipinski definition) is 3. The molecule has 80 valence electrons. The van der Waals surface area contributed by atoms with Gasteiger partial charge in [0.25, 0.3) is 0 Å². The smallest absolute Gasteiger partial charge is 0.162 e. The van der Waals surface area contributed by atoms with Crippen LogP contribution < -0.4 is 9.47 Å². The molecule has 0 amide bonds. The lowest BCUT2D eigenvalue weighted by Gasteiger charge is -2.08. The standard InChI is InChI=1S/C11H13NO2S/c1-13-10-6-8-4-5-12(15-3)9(8)7-11(10)14-2/h4-7H,1-3H3. The highest BCUT2D eigenvalue weighted by atomic mass is 32.2. The number of ether oxygens (including phenoxy) is 2. The second-order valence-electron chi connectivity index (χ2n) is 3.09. The third-order valence-electron chi connectivity index (χ3n) is 2.36. The van der Waals surface area contributed by atoms with Gasteiger partial charge in [0.2, 0.25) is 0 Å². The molecule has 0 atom stereocenters. The van der Waals surface area contributed by atoms with Crippen molar-refractivity contribution in [1.29, 1.82) is 0 Å². The van der Waals surface area contributed by atoms with E-state index in [0.717, 1.165) is 22.4 Å². The molecule has 3 nitrogen and oxygen atoms in total. The van der Waals surface area contributed by atoms with E-state index in [1.165, 1.54) is 0 Å². The molecule has 2 aromatic rings. The summed E-state index contributed by atoms with van der Waals surface area (Å²) in [6.07, 6.45) is 4.07. The molecule has 0 bridgehead atoms. The van der Waals surface area contributed by atoms with E-state index in [1.807, 2.05) is 24.6 Å². The predicted molar refractivity (Wildman–Crippen MR) is 64.0 cm³/mol. The Balaban J connectivity index is 2.66. The number of hydrogen-bond donors (Lipinski definition) is 0. The maximum atomic E-state index is 5.27. The highest BCUT2D eigenvalue weighted by molar-refractivity contribution is 7.97. The monoisotopic (exact) mass is 223 g/mol. The van der Waals surface area contributed by atoms with Gasteiger partial charge in [0.05, 0.1) is 19.7 Å². The van der Waals surface area contributed by atoms with Gasteiger partial charge >= 0.3 is 0 Å². The molecule has 0 fully saturated rings. The molecular formula is C11H13NO2S. The fourth-order valence-corrected chi connectivity index (χ4v) is 2.13. The molecule has 0 aliphatic carbocycles. The molecule has 15 heavy (non-hydrogen) atoms. The van der Waals surface area contributed by atoms with Gasteiger partial charge in [0.15, 0.2) is 11.5 Å². The van der Waals surface area contributed by atoms with Crippen molar-refractivity contribution in [3.63, 3.8) is 0 Å². The molecule has 0 aliphatic heterocycles. The van der Waals surface area contributed by atoms with Gasteiger partial charge in [-0.05, 0) is 24.1 Å². The van der Waals surface area contributed by atoms with Crippen molar-refractivity contribution < 1.29 is 9.47 Å². The van der Waals surface area contributed by atoms with E-state index in [0.29, 0.717) is 0 Å². The van der Waals surface area contributed by atoms with Gasteiger partial charge < -0.3 is 9.47 Å². The van der Waals surface area contributed by atoms with Gasteiger partial charge in [-0.2, -0.15) is 0 Å². The largest absolute Gasteiger partial charge is 0.493 e. The molecule has 1 heterocycles. The lowest BCUT2D eigenvalue weighted by Crippen LogP contribution is -1.91. The molecule has 2 rings (SSSR count). The van der Waals surface area contributed by atoms with Crippen molar-refractivity contribution >= 4 is 22.9 Å². The van der Waals surface area contributed by atoms with Gasteiger partial charge in [0.1, 0.15) is 0 Å². The first-order chi connectivity index (χ1) is 7.30. The van der Waals surface area contributed by atoms with Gasteiger partial charge in [-0.1, -0.05) is 0 Å². The Bertz CT molecular complexity index is 479. The molecule has 4 heteroatoms. The Hall–Kier alpha value is -1.29. The second kappa shape index (κ2) is 4.06. The molecule has 1 aromatic carbocycles. The summed E-state index contributed by atoms with van der Waals surface area (Å²) in [6, 6.07) is 6.04. The van der Waals surface area contributed by atoms with Crippen LogP contribution in [0.25, 0.3) is 10.9 Å². The number of aromatic nitrogens is 1.